The summed E-state index contributed by atoms with van der Waals surface area (Å²) in [6, 6.07) is -1.59. The molecule has 2 amide bonds. The van der Waals surface area contributed by atoms with Crippen molar-refractivity contribution in [2.24, 2.45) is 0 Å². The van der Waals surface area contributed by atoms with E-state index in [0.717, 1.165) is 0 Å². The number of amides is 2. The van der Waals surface area contributed by atoms with Gasteiger partial charge >= 0.3 is 12.0 Å². The predicted octanol–water partition coefficient (Wildman–Crippen LogP) is -0.764. The smallest absolute Gasteiger partial charge is 0.326 e. The number of hydrogen-bond donors (Lipinski definition) is 4. The molecule has 0 aromatic heterocycles. The van der Waals surface area contributed by atoms with E-state index in [0.29, 0.717) is 19.5 Å². The Labute approximate surface area is 100 Å². The molecule has 0 aliphatic carbocycles. The summed E-state index contributed by atoms with van der Waals surface area (Å²) in [6.45, 7) is 2.23. The lowest BCUT2D eigenvalue weighted by molar-refractivity contribution is -0.139. The number of urea groups is 1. The summed E-state index contributed by atoms with van der Waals surface area (Å²) < 4.78 is 0. The van der Waals surface area contributed by atoms with Gasteiger partial charge in [-0.05, 0) is 13.3 Å². The van der Waals surface area contributed by atoms with Gasteiger partial charge in [0.2, 0.25) is 0 Å². The molecule has 4 N–H and O–H groups in total. The summed E-state index contributed by atoms with van der Waals surface area (Å²) >= 11 is 0. The number of aliphatic hydroxyl groups excluding tert-OH is 2. The van der Waals surface area contributed by atoms with Crippen molar-refractivity contribution < 1.29 is 24.9 Å². The zero-order chi connectivity index (χ0) is 13.3. The van der Waals surface area contributed by atoms with Crippen LogP contribution in [0.5, 0.6) is 0 Å². The van der Waals surface area contributed by atoms with Gasteiger partial charge in [0.1, 0.15) is 6.04 Å². The Morgan fingerprint density at radius 1 is 1.29 bits per heavy atom. The van der Waals surface area contributed by atoms with E-state index in [9.17, 15) is 9.59 Å². The van der Waals surface area contributed by atoms with Crippen LogP contribution >= 0.6 is 0 Å². The van der Waals surface area contributed by atoms with Crippen molar-refractivity contribution in [3.8, 4) is 0 Å². The van der Waals surface area contributed by atoms with Crippen LogP contribution in [0, 0.1) is 0 Å². The summed E-state index contributed by atoms with van der Waals surface area (Å²) in [5.41, 5.74) is 0. The minimum atomic E-state index is -1.18. The molecule has 0 rings (SSSR count). The first-order chi connectivity index (χ1) is 8.06. The molecule has 0 aromatic carbocycles. The second-order valence-electron chi connectivity index (χ2n) is 3.51. The van der Waals surface area contributed by atoms with Gasteiger partial charge in [-0.2, -0.15) is 0 Å². The van der Waals surface area contributed by atoms with Gasteiger partial charge < -0.3 is 25.5 Å². The van der Waals surface area contributed by atoms with Crippen molar-refractivity contribution in [1.29, 1.82) is 0 Å². The number of carbonyl (C=O) groups is 2. The lowest BCUT2D eigenvalue weighted by atomic mass is 10.2. The number of aliphatic carboxylic acids is 1. The molecule has 7 heteroatoms. The predicted molar refractivity (Wildman–Crippen MR) is 60.6 cm³/mol. The van der Waals surface area contributed by atoms with E-state index in [1.807, 2.05) is 0 Å². The van der Waals surface area contributed by atoms with E-state index in [1.54, 1.807) is 6.92 Å². The molecule has 1 atom stereocenters. The van der Waals surface area contributed by atoms with E-state index >= 15 is 0 Å². The summed E-state index contributed by atoms with van der Waals surface area (Å²) in [5.74, 6) is -1.18. The Morgan fingerprint density at radius 2 is 1.94 bits per heavy atom. The second kappa shape index (κ2) is 8.77. The minimum absolute atomic E-state index is 0.0250. The highest BCUT2D eigenvalue weighted by Gasteiger charge is 2.21. The van der Waals surface area contributed by atoms with Crippen molar-refractivity contribution >= 4 is 12.0 Å². The van der Waals surface area contributed by atoms with E-state index in [4.69, 9.17) is 15.3 Å². The fourth-order valence-corrected chi connectivity index (χ4v) is 1.29. The van der Waals surface area contributed by atoms with Crippen LogP contribution in [0.15, 0.2) is 0 Å². The molecule has 0 aromatic rings. The number of nitrogens with zero attached hydrogens (tertiary/aromatic N) is 1. The largest absolute Gasteiger partial charge is 0.480 e. The minimum Gasteiger partial charge on any atom is -0.480 e. The molecule has 17 heavy (non-hydrogen) atoms. The Bertz CT molecular complexity index is 247. The number of nitrogens with one attached hydrogen (secondary N) is 1. The first kappa shape index (κ1) is 15.7. The number of hydrogen-bond acceptors (Lipinski definition) is 4. The first-order valence-electron chi connectivity index (χ1n) is 5.56. The van der Waals surface area contributed by atoms with Crippen LogP contribution in [0.25, 0.3) is 0 Å². The van der Waals surface area contributed by atoms with Crippen molar-refractivity contribution in [2.75, 3.05) is 26.3 Å². The van der Waals surface area contributed by atoms with Gasteiger partial charge in [0.25, 0.3) is 0 Å². The summed E-state index contributed by atoms with van der Waals surface area (Å²) in [7, 11) is 0. The number of rotatable bonds is 8. The monoisotopic (exact) mass is 248 g/mol. The van der Waals surface area contributed by atoms with Crippen LogP contribution in [0.1, 0.15) is 19.8 Å². The lowest BCUT2D eigenvalue weighted by Gasteiger charge is -2.23. The van der Waals surface area contributed by atoms with Crippen molar-refractivity contribution in [2.45, 2.75) is 25.8 Å². The van der Waals surface area contributed by atoms with E-state index in [2.05, 4.69) is 5.32 Å². The van der Waals surface area contributed by atoms with Crippen LogP contribution in [-0.2, 0) is 4.79 Å². The third kappa shape index (κ3) is 6.08. The fraction of sp³-hybridized carbons (Fsp3) is 0.800. The standard InChI is InChI=1S/C10H20N2O5/c1-2-12(5-3-6-13)10(17)11-8(4-7-14)9(15)16/h8,13-14H,2-7H2,1H3,(H,11,17)(H,15,16)/t8-/m0/s1. The van der Waals surface area contributed by atoms with E-state index in [-0.39, 0.29) is 19.6 Å². The third-order valence-corrected chi connectivity index (χ3v) is 2.27. The molecule has 0 saturated heterocycles. The fourth-order valence-electron chi connectivity index (χ4n) is 1.29. The van der Waals surface area contributed by atoms with Crippen molar-refractivity contribution in [3.05, 3.63) is 0 Å². The molecule has 7 nitrogen and oxygen atoms in total. The average molecular weight is 248 g/mol. The normalized spacial score (nSPS) is 11.9. The Balaban J connectivity index is 4.30. The molecular formula is C10H20N2O5. The Hall–Kier alpha value is -1.34. The molecule has 100 valence electrons. The second-order valence-corrected chi connectivity index (χ2v) is 3.51. The van der Waals surface area contributed by atoms with E-state index < -0.39 is 18.0 Å². The first-order valence-corrected chi connectivity index (χ1v) is 5.56. The molecule has 0 heterocycles. The molecular weight excluding hydrogens is 228 g/mol. The van der Waals surface area contributed by atoms with Gasteiger partial charge in [0.15, 0.2) is 0 Å². The van der Waals surface area contributed by atoms with Gasteiger partial charge in [-0.15, -0.1) is 0 Å². The molecule has 0 aliphatic heterocycles. The Morgan fingerprint density at radius 3 is 2.35 bits per heavy atom. The topological polar surface area (TPSA) is 110 Å². The maximum atomic E-state index is 11.7. The molecule has 0 radical (unpaired) electrons. The van der Waals surface area contributed by atoms with Gasteiger partial charge in [0, 0.05) is 32.7 Å². The van der Waals surface area contributed by atoms with Crippen LogP contribution in [0.2, 0.25) is 0 Å². The maximum absolute atomic E-state index is 11.7. The van der Waals surface area contributed by atoms with Crippen molar-refractivity contribution in [3.63, 3.8) is 0 Å². The highest BCUT2D eigenvalue weighted by atomic mass is 16.4. The number of carbonyl (C=O) groups excluding carboxylic acids is 1. The summed E-state index contributed by atoms with van der Waals surface area (Å²) in [5, 5.41) is 28.5. The van der Waals surface area contributed by atoms with Crippen LogP contribution in [0.3, 0.4) is 0 Å². The maximum Gasteiger partial charge on any atom is 0.326 e. The summed E-state index contributed by atoms with van der Waals surface area (Å²) in [6.07, 6.45) is 0.414. The van der Waals surface area contributed by atoms with E-state index in [1.165, 1.54) is 4.90 Å². The van der Waals surface area contributed by atoms with Crippen LogP contribution in [0.4, 0.5) is 4.79 Å². The zero-order valence-corrected chi connectivity index (χ0v) is 9.93. The highest BCUT2D eigenvalue weighted by Crippen LogP contribution is 1.97. The molecule has 0 saturated carbocycles. The third-order valence-electron chi connectivity index (χ3n) is 2.27. The van der Waals surface area contributed by atoms with Crippen LogP contribution < -0.4 is 5.32 Å². The lowest BCUT2D eigenvalue weighted by Crippen LogP contribution is -2.48. The number of carboxylic acids is 1. The molecule has 0 bridgehead atoms. The highest BCUT2D eigenvalue weighted by molar-refractivity contribution is 5.82. The van der Waals surface area contributed by atoms with Crippen LogP contribution in [-0.4, -0.2) is 64.6 Å². The molecule has 0 fully saturated rings. The van der Waals surface area contributed by atoms with Crippen molar-refractivity contribution in [1.82, 2.24) is 10.2 Å². The SMILES string of the molecule is CCN(CCCO)C(=O)N[C@@H](CCO)C(=O)O. The summed E-state index contributed by atoms with van der Waals surface area (Å²) in [4.78, 5) is 23.8. The van der Waals surface area contributed by atoms with Gasteiger partial charge in [0.05, 0.1) is 0 Å². The van der Waals surface area contributed by atoms with Gasteiger partial charge in [-0.1, -0.05) is 0 Å². The molecule has 0 spiro atoms. The molecule has 0 aliphatic rings. The average Bonchev–Trinajstić information content (AvgIpc) is 2.29. The van der Waals surface area contributed by atoms with Gasteiger partial charge in [-0.25, -0.2) is 9.59 Å². The van der Waals surface area contributed by atoms with Gasteiger partial charge in [-0.3, -0.25) is 0 Å². The number of aliphatic hydroxyl groups is 2. The Kier molecular flexibility index (Phi) is 8.08. The molecule has 0 unspecified atom stereocenters. The zero-order valence-electron chi connectivity index (χ0n) is 9.93. The quantitative estimate of drug-likeness (QED) is 0.451. The number of carboxylic acid groups (broad SMARTS) is 1.